The molecule has 90 valence electrons. The zero-order valence-electron chi connectivity index (χ0n) is 10.0. The van der Waals surface area contributed by atoms with Gasteiger partial charge in [-0.15, -0.1) is 0 Å². The Morgan fingerprint density at radius 1 is 1.24 bits per heavy atom. The second-order valence-electron chi connectivity index (χ2n) is 4.31. The average molecular weight is 230 g/mol. The van der Waals surface area contributed by atoms with Crippen LogP contribution in [0.2, 0.25) is 0 Å². The van der Waals surface area contributed by atoms with Crippen molar-refractivity contribution in [1.29, 1.82) is 0 Å². The molecule has 0 amide bonds. The Kier molecular flexibility index (Phi) is 3.83. The molecule has 2 aromatic rings. The number of nitrogens with one attached hydrogen (secondary N) is 1. The van der Waals surface area contributed by atoms with Crippen LogP contribution >= 0.6 is 0 Å². The van der Waals surface area contributed by atoms with Gasteiger partial charge in [0.05, 0.1) is 6.26 Å². The maximum Gasteiger partial charge on any atom is 0.105 e. The van der Waals surface area contributed by atoms with E-state index in [2.05, 4.69) is 12.2 Å². The molecule has 1 heterocycles. The fourth-order valence-electron chi connectivity index (χ4n) is 1.73. The number of hydrogen-bond acceptors (Lipinski definition) is 3. The van der Waals surface area contributed by atoms with Crippen molar-refractivity contribution in [2.24, 2.45) is 0 Å². The van der Waals surface area contributed by atoms with Crippen LogP contribution in [0, 0.1) is 0 Å². The minimum absolute atomic E-state index is 0.388. The van der Waals surface area contributed by atoms with Crippen molar-refractivity contribution in [1.82, 2.24) is 5.32 Å². The first kappa shape index (κ1) is 11.7. The molecule has 0 saturated carbocycles. The zero-order valence-corrected chi connectivity index (χ0v) is 10.0. The van der Waals surface area contributed by atoms with Crippen LogP contribution in [-0.2, 0) is 13.0 Å². The van der Waals surface area contributed by atoms with Crippen molar-refractivity contribution in [2.75, 3.05) is 5.73 Å². The van der Waals surface area contributed by atoms with E-state index in [0.29, 0.717) is 6.04 Å². The van der Waals surface area contributed by atoms with Crippen molar-refractivity contribution in [3.63, 3.8) is 0 Å². The second-order valence-corrected chi connectivity index (χ2v) is 4.31. The summed E-state index contributed by atoms with van der Waals surface area (Å²) in [6.07, 6.45) is 2.62. The van der Waals surface area contributed by atoms with Crippen LogP contribution in [-0.4, -0.2) is 6.04 Å². The molecule has 0 fully saturated rings. The summed E-state index contributed by atoms with van der Waals surface area (Å²) in [4.78, 5) is 0. The fourth-order valence-corrected chi connectivity index (χ4v) is 1.73. The molecule has 1 unspecified atom stereocenters. The smallest absolute Gasteiger partial charge is 0.105 e. The number of anilines is 1. The van der Waals surface area contributed by atoms with Crippen molar-refractivity contribution in [3.8, 4) is 0 Å². The van der Waals surface area contributed by atoms with Crippen molar-refractivity contribution >= 4 is 5.69 Å². The second kappa shape index (κ2) is 5.55. The van der Waals surface area contributed by atoms with E-state index in [0.717, 1.165) is 24.4 Å². The lowest BCUT2D eigenvalue weighted by Crippen LogP contribution is -2.27. The van der Waals surface area contributed by atoms with Gasteiger partial charge in [0.25, 0.3) is 0 Å². The van der Waals surface area contributed by atoms with E-state index >= 15 is 0 Å². The molecule has 0 aliphatic carbocycles. The largest absolute Gasteiger partial charge is 0.469 e. The number of nitrogen functional groups attached to an aromatic ring is 1. The van der Waals surface area contributed by atoms with E-state index in [9.17, 15) is 0 Å². The van der Waals surface area contributed by atoms with Gasteiger partial charge in [-0.2, -0.15) is 0 Å². The molecule has 0 saturated heterocycles. The van der Waals surface area contributed by atoms with Crippen LogP contribution in [0.25, 0.3) is 0 Å². The highest BCUT2D eigenvalue weighted by atomic mass is 16.3. The first-order chi connectivity index (χ1) is 8.24. The van der Waals surface area contributed by atoms with Gasteiger partial charge in [-0.25, -0.2) is 0 Å². The summed E-state index contributed by atoms with van der Waals surface area (Å²) in [6, 6.07) is 12.2. The van der Waals surface area contributed by atoms with Gasteiger partial charge in [0.2, 0.25) is 0 Å². The number of benzene rings is 1. The molecule has 3 nitrogen and oxygen atoms in total. The first-order valence-electron chi connectivity index (χ1n) is 5.84. The standard InChI is InChI=1S/C14H18N2O/c1-11(9-14-3-2-8-17-14)16-10-12-4-6-13(15)7-5-12/h2-8,11,16H,9-10,15H2,1H3. The lowest BCUT2D eigenvalue weighted by molar-refractivity contribution is 0.456. The Morgan fingerprint density at radius 2 is 2.00 bits per heavy atom. The third-order valence-corrected chi connectivity index (χ3v) is 2.72. The molecule has 17 heavy (non-hydrogen) atoms. The normalized spacial score (nSPS) is 12.5. The zero-order chi connectivity index (χ0) is 12.1. The summed E-state index contributed by atoms with van der Waals surface area (Å²) in [6.45, 7) is 3.00. The summed E-state index contributed by atoms with van der Waals surface area (Å²) in [5.41, 5.74) is 7.68. The topological polar surface area (TPSA) is 51.2 Å². The number of hydrogen-bond donors (Lipinski definition) is 2. The third-order valence-electron chi connectivity index (χ3n) is 2.72. The Hall–Kier alpha value is -1.74. The Balaban J connectivity index is 1.79. The van der Waals surface area contributed by atoms with Crippen molar-refractivity contribution < 1.29 is 4.42 Å². The number of rotatable bonds is 5. The lowest BCUT2D eigenvalue weighted by Gasteiger charge is -2.12. The van der Waals surface area contributed by atoms with E-state index < -0.39 is 0 Å². The van der Waals surface area contributed by atoms with Gasteiger partial charge in [-0.05, 0) is 36.8 Å². The molecule has 0 bridgehead atoms. The molecule has 3 N–H and O–H groups in total. The van der Waals surface area contributed by atoms with E-state index in [4.69, 9.17) is 10.2 Å². The predicted octanol–water partition coefficient (Wildman–Crippen LogP) is 2.58. The summed E-state index contributed by atoms with van der Waals surface area (Å²) in [5.74, 6) is 1.02. The molecular formula is C14H18N2O. The van der Waals surface area contributed by atoms with Crippen molar-refractivity contribution in [2.45, 2.75) is 25.9 Å². The molecule has 0 aliphatic rings. The minimum Gasteiger partial charge on any atom is -0.469 e. The first-order valence-corrected chi connectivity index (χ1v) is 5.84. The van der Waals surface area contributed by atoms with Crippen LogP contribution in [0.15, 0.2) is 47.1 Å². The summed E-state index contributed by atoms with van der Waals surface area (Å²) < 4.78 is 5.32. The van der Waals surface area contributed by atoms with Gasteiger partial charge < -0.3 is 15.5 Å². The summed E-state index contributed by atoms with van der Waals surface area (Å²) >= 11 is 0. The molecule has 0 radical (unpaired) electrons. The van der Waals surface area contributed by atoms with Gasteiger partial charge >= 0.3 is 0 Å². The van der Waals surface area contributed by atoms with Gasteiger partial charge in [-0.1, -0.05) is 12.1 Å². The van der Waals surface area contributed by atoms with Crippen LogP contribution in [0.1, 0.15) is 18.2 Å². The van der Waals surface area contributed by atoms with Crippen molar-refractivity contribution in [3.05, 3.63) is 54.0 Å². The third kappa shape index (κ3) is 3.64. The number of furan rings is 1. The molecule has 1 aromatic carbocycles. The van der Waals surface area contributed by atoms with Gasteiger partial charge in [0, 0.05) is 24.7 Å². The maximum absolute atomic E-state index is 5.64. The van der Waals surface area contributed by atoms with E-state index in [1.165, 1.54) is 5.56 Å². The van der Waals surface area contributed by atoms with Crippen LogP contribution in [0.4, 0.5) is 5.69 Å². The Morgan fingerprint density at radius 3 is 2.65 bits per heavy atom. The minimum atomic E-state index is 0.388. The average Bonchev–Trinajstić information content (AvgIpc) is 2.81. The van der Waals surface area contributed by atoms with Gasteiger partial charge in [0.1, 0.15) is 5.76 Å². The van der Waals surface area contributed by atoms with Crippen LogP contribution in [0.3, 0.4) is 0 Å². The van der Waals surface area contributed by atoms with Gasteiger partial charge in [-0.3, -0.25) is 0 Å². The highest BCUT2D eigenvalue weighted by molar-refractivity contribution is 5.39. The molecule has 2 rings (SSSR count). The Bertz CT molecular complexity index is 434. The summed E-state index contributed by atoms with van der Waals surface area (Å²) in [5, 5.41) is 3.46. The quantitative estimate of drug-likeness (QED) is 0.776. The highest BCUT2D eigenvalue weighted by Crippen LogP contribution is 2.07. The van der Waals surface area contributed by atoms with Crippen LogP contribution in [0.5, 0.6) is 0 Å². The van der Waals surface area contributed by atoms with E-state index in [1.807, 2.05) is 36.4 Å². The van der Waals surface area contributed by atoms with E-state index in [-0.39, 0.29) is 0 Å². The SMILES string of the molecule is CC(Cc1ccco1)NCc1ccc(N)cc1. The number of nitrogens with two attached hydrogens (primary N) is 1. The van der Waals surface area contributed by atoms with Crippen LogP contribution < -0.4 is 11.1 Å². The monoisotopic (exact) mass is 230 g/mol. The maximum atomic E-state index is 5.64. The molecular weight excluding hydrogens is 212 g/mol. The molecule has 3 heteroatoms. The molecule has 0 aliphatic heterocycles. The molecule has 0 spiro atoms. The summed E-state index contributed by atoms with van der Waals surface area (Å²) in [7, 11) is 0. The van der Waals surface area contributed by atoms with E-state index in [1.54, 1.807) is 6.26 Å². The fraction of sp³-hybridized carbons (Fsp3) is 0.286. The predicted molar refractivity (Wildman–Crippen MR) is 69.6 cm³/mol. The highest BCUT2D eigenvalue weighted by Gasteiger charge is 2.04. The molecule has 1 aromatic heterocycles. The van der Waals surface area contributed by atoms with Gasteiger partial charge in [0.15, 0.2) is 0 Å². The molecule has 1 atom stereocenters. The lowest BCUT2D eigenvalue weighted by atomic mass is 10.1. The Labute approximate surface area is 102 Å².